The smallest absolute Gasteiger partial charge is 0.399 e. The number of pyridine rings is 6. The largest absolute Gasteiger partial charge is 0.496 e. The fourth-order valence-corrected chi connectivity index (χ4v) is 12.0. The van der Waals surface area contributed by atoms with Crippen LogP contribution in [0, 0.1) is 20.8 Å². The molecule has 482 valence electrons. The Morgan fingerprint density at radius 1 is 0.489 bits per heavy atom. The highest BCUT2D eigenvalue weighted by Gasteiger charge is 2.52. The molecule has 0 bridgehead atoms. The van der Waals surface area contributed by atoms with Crippen molar-refractivity contribution >= 4 is 117 Å². The number of benzene rings is 3. The van der Waals surface area contributed by atoms with Crippen molar-refractivity contribution in [2.75, 3.05) is 0 Å². The van der Waals surface area contributed by atoms with E-state index in [0.717, 1.165) is 60.0 Å². The second-order valence-electron chi connectivity index (χ2n) is 22.0. The third kappa shape index (κ3) is 13.4. The van der Waals surface area contributed by atoms with Crippen molar-refractivity contribution in [1.29, 1.82) is 0 Å². The summed E-state index contributed by atoms with van der Waals surface area (Å²) in [6.07, 6.45) is -3.54. The number of nitrogens with zero attached hydrogens (tertiary/aromatic N) is 11. The van der Waals surface area contributed by atoms with Gasteiger partial charge in [-0.1, -0.05) is 57.3 Å². The molecule has 19 nitrogen and oxygen atoms in total. The number of hydrogen-bond donors (Lipinski definition) is 3. The van der Waals surface area contributed by atoms with E-state index in [1.54, 1.807) is 66.3 Å². The Labute approximate surface area is 555 Å². The lowest BCUT2D eigenvalue weighted by molar-refractivity contribution is -0.141. The summed E-state index contributed by atoms with van der Waals surface area (Å²) in [6.45, 7) is 13.4. The lowest BCUT2D eigenvalue weighted by Crippen LogP contribution is -2.41. The molecule has 0 spiro atoms. The van der Waals surface area contributed by atoms with Crippen LogP contribution in [0.2, 0.25) is 0 Å². The number of aromatic amines is 3. The third-order valence-electron chi connectivity index (χ3n) is 15.4. The molecule has 3 aromatic carbocycles. The van der Waals surface area contributed by atoms with E-state index >= 15 is 0 Å². The van der Waals surface area contributed by atoms with Crippen LogP contribution in [0.4, 0.5) is 26.3 Å². The van der Waals surface area contributed by atoms with Crippen molar-refractivity contribution < 1.29 is 35.7 Å². The van der Waals surface area contributed by atoms with Gasteiger partial charge < -0.3 is 24.3 Å². The fraction of sp³-hybridized carbons (Fsp3) is 0.203. The SMILES string of the molecule is C.C.Cc1c(-c2nc3ccc(-c4nc(C(F)(F)F)cs4)cn3n2)[nH]c2ccccc2c1=O.Cc1c(-c2nc3ccc(B4OC(C)(C)C(C)(C)O4)cn3n2)[nH]c2ccccc2c1=O.Cc1c(-c2nc3ccc(Br)cn3n2)[nH]c2ccccc2c1=O.FC(F)(F)c1csc(Br)n1. The molecule has 15 rings (SSSR count). The first-order valence-corrected chi connectivity index (χ1v) is 31.1. The van der Waals surface area contributed by atoms with Gasteiger partial charge in [0, 0.05) is 94.2 Å². The lowest BCUT2D eigenvalue weighted by Gasteiger charge is -2.32. The second-order valence-corrected chi connectivity index (χ2v) is 26.0. The maximum Gasteiger partial charge on any atom is 0.496 e. The van der Waals surface area contributed by atoms with Crippen molar-refractivity contribution in [2.45, 2.75) is 86.9 Å². The first-order valence-electron chi connectivity index (χ1n) is 27.8. The van der Waals surface area contributed by atoms with E-state index in [0.29, 0.717) is 89.8 Å². The van der Waals surface area contributed by atoms with Gasteiger partial charge in [-0.3, -0.25) is 14.4 Å². The molecule has 12 heterocycles. The molecule has 3 N–H and O–H groups in total. The summed E-state index contributed by atoms with van der Waals surface area (Å²) in [6, 6.07) is 33.0. The average molecular weight is 1450 g/mol. The summed E-state index contributed by atoms with van der Waals surface area (Å²) in [5.41, 5.74) is 6.23. The molecule has 94 heavy (non-hydrogen) atoms. The summed E-state index contributed by atoms with van der Waals surface area (Å²) in [4.78, 5) is 68.2. The molecular formula is C64H55BBr2F6N14O5S2. The molecule has 0 atom stereocenters. The molecule has 1 aliphatic heterocycles. The van der Waals surface area contributed by atoms with E-state index in [2.05, 4.69) is 87.0 Å². The number of nitrogens with one attached hydrogen (secondary N) is 3. The Hall–Kier alpha value is -9.07. The van der Waals surface area contributed by atoms with Gasteiger partial charge in [-0.05, 0) is 147 Å². The van der Waals surface area contributed by atoms with Crippen LogP contribution in [-0.4, -0.2) is 87.0 Å². The zero-order chi connectivity index (χ0) is 65.3. The highest BCUT2D eigenvalue weighted by atomic mass is 79.9. The van der Waals surface area contributed by atoms with Crippen LogP contribution in [0.1, 0.15) is 70.6 Å². The number of rotatable bonds is 5. The van der Waals surface area contributed by atoms with Crippen LogP contribution in [0.3, 0.4) is 0 Å². The number of H-pyrrole nitrogens is 3. The molecule has 1 fully saturated rings. The summed E-state index contributed by atoms with van der Waals surface area (Å²) in [5.74, 6) is 1.31. The van der Waals surface area contributed by atoms with Crippen LogP contribution in [0.5, 0.6) is 0 Å². The highest BCUT2D eigenvalue weighted by molar-refractivity contribution is 9.11. The predicted octanol–water partition coefficient (Wildman–Crippen LogP) is 15.0. The van der Waals surface area contributed by atoms with Crippen LogP contribution in [0.25, 0.3) is 94.8 Å². The minimum absolute atomic E-state index is 0. The molecular weight excluding hydrogens is 1390 g/mol. The Kier molecular flexibility index (Phi) is 18.8. The van der Waals surface area contributed by atoms with E-state index in [1.165, 1.54) is 4.52 Å². The monoisotopic (exact) mass is 1450 g/mol. The predicted molar refractivity (Wildman–Crippen MR) is 362 cm³/mol. The number of thiazole rings is 2. The minimum Gasteiger partial charge on any atom is -0.399 e. The fourth-order valence-electron chi connectivity index (χ4n) is 9.79. The number of para-hydroxylation sites is 3. The van der Waals surface area contributed by atoms with Gasteiger partial charge in [0.15, 0.2) is 66.0 Å². The number of aromatic nitrogens is 14. The van der Waals surface area contributed by atoms with Crippen molar-refractivity contribution in [2.24, 2.45) is 0 Å². The number of halogens is 8. The van der Waals surface area contributed by atoms with E-state index < -0.39 is 42.1 Å². The third-order valence-corrected chi connectivity index (χ3v) is 18.2. The summed E-state index contributed by atoms with van der Waals surface area (Å²) in [5, 5.41) is 17.6. The first kappa shape index (κ1) is 67.8. The molecule has 1 aliphatic rings. The normalized spacial score (nSPS) is 13.5. The Morgan fingerprint density at radius 3 is 1.28 bits per heavy atom. The van der Waals surface area contributed by atoms with Crippen molar-refractivity contribution in [3.8, 4) is 45.1 Å². The van der Waals surface area contributed by atoms with E-state index in [4.69, 9.17) is 9.31 Å². The van der Waals surface area contributed by atoms with Gasteiger partial charge in [0.25, 0.3) is 0 Å². The summed E-state index contributed by atoms with van der Waals surface area (Å²) >= 11 is 8.07. The standard InChI is InChI=1S/C22H23BN4O3.C20H12F3N5OS.C16H11BrN4O.C4HBrF3NS.2CH4/c1-13-18(24-16-9-7-6-8-15(16)19(13)28)20-25-17-11-10-14(12-27(17)26-20)23-29-21(2,3)22(4,5)30-23;1-10-16(24-13-5-3-2-4-12(13)17(10)29)18-26-15-7-6-11(8-28(15)27-18)19-25-14(9-30-19)20(21,22)23;1-9-14(18-12-5-3-2-4-11(12)15(9)22)16-19-13-7-6-10(17)8-21(13)20-16;5-3-9-2(1-10-3)4(6,7)8;;/h6-12H,1-5H3,(H,24,28);2-9H,1H3,(H,24,29);2-8H,1H3,(H,18,22);1H;2*1H4. The van der Waals surface area contributed by atoms with Crippen molar-refractivity contribution in [1.82, 2.24) is 68.7 Å². The molecule has 0 aliphatic carbocycles. The van der Waals surface area contributed by atoms with Gasteiger partial charge in [-0.2, -0.15) is 26.3 Å². The zero-order valence-corrected chi connectivity index (χ0v) is 54.0. The quantitative estimate of drug-likeness (QED) is 0.108. The second kappa shape index (κ2) is 26.0. The van der Waals surface area contributed by atoms with E-state index in [-0.39, 0.29) is 40.1 Å². The van der Waals surface area contributed by atoms with E-state index in [9.17, 15) is 40.7 Å². The maximum atomic E-state index is 12.8. The van der Waals surface area contributed by atoms with E-state index in [1.807, 2.05) is 119 Å². The van der Waals surface area contributed by atoms with Gasteiger partial charge in [0.1, 0.15) is 5.01 Å². The molecule has 0 unspecified atom stereocenters. The van der Waals surface area contributed by atoms with Gasteiger partial charge in [-0.25, -0.2) is 38.5 Å². The van der Waals surface area contributed by atoms with Crippen molar-refractivity contribution in [3.63, 3.8) is 0 Å². The topological polar surface area (TPSA) is 233 Å². The van der Waals surface area contributed by atoms with Gasteiger partial charge in [0.2, 0.25) is 0 Å². The Balaban J connectivity index is 0.000000143. The molecule has 0 amide bonds. The average Bonchev–Trinajstić information content (AvgIpc) is 0.941. The lowest BCUT2D eigenvalue weighted by atomic mass is 9.80. The number of hydrogen-bond acceptors (Lipinski definition) is 15. The maximum absolute atomic E-state index is 12.8. The van der Waals surface area contributed by atoms with Crippen LogP contribution in [0.15, 0.2) is 161 Å². The van der Waals surface area contributed by atoms with Crippen LogP contribution >= 0.6 is 54.5 Å². The summed E-state index contributed by atoms with van der Waals surface area (Å²) < 4.78 is 92.0. The van der Waals surface area contributed by atoms with Crippen LogP contribution in [-0.2, 0) is 21.7 Å². The van der Waals surface area contributed by atoms with Gasteiger partial charge in [0.05, 0.1) is 28.3 Å². The zero-order valence-electron chi connectivity index (χ0n) is 49.2. The van der Waals surface area contributed by atoms with Gasteiger partial charge in [-0.15, -0.1) is 38.0 Å². The van der Waals surface area contributed by atoms with Crippen LogP contribution < -0.4 is 21.7 Å². The Morgan fingerprint density at radius 2 is 0.872 bits per heavy atom. The van der Waals surface area contributed by atoms with Crippen molar-refractivity contribution in [3.05, 3.63) is 206 Å². The molecule has 30 heteroatoms. The summed E-state index contributed by atoms with van der Waals surface area (Å²) in [7, 11) is -0.478. The molecule has 14 aromatic rings. The minimum atomic E-state index is -4.49. The molecule has 0 saturated carbocycles. The van der Waals surface area contributed by atoms with Gasteiger partial charge >= 0.3 is 19.5 Å². The number of alkyl halides is 6. The Bertz CT molecular complexity index is 5370. The highest BCUT2D eigenvalue weighted by Crippen LogP contribution is 2.38. The number of fused-ring (bicyclic) bond motifs is 6. The molecule has 1 saturated heterocycles. The molecule has 11 aromatic heterocycles. The molecule has 0 radical (unpaired) electrons. The first-order chi connectivity index (χ1) is 43.6.